The van der Waals surface area contributed by atoms with E-state index in [9.17, 15) is 4.79 Å². The highest BCUT2D eigenvalue weighted by Gasteiger charge is 2.12. The monoisotopic (exact) mass is 249 g/mol. The molecule has 0 aliphatic rings. The first-order chi connectivity index (χ1) is 8.16. The van der Waals surface area contributed by atoms with Crippen LogP contribution in [0.2, 0.25) is 5.02 Å². The molecule has 2 rings (SSSR count). The molecule has 0 aliphatic heterocycles. The van der Waals surface area contributed by atoms with Gasteiger partial charge in [0.05, 0.1) is 6.20 Å². The van der Waals surface area contributed by atoms with E-state index in [1.807, 2.05) is 0 Å². The Labute approximate surface area is 102 Å². The van der Waals surface area contributed by atoms with Gasteiger partial charge in [-0.2, -0.15) is 0 Å². The van der Waals surface area contributed by atoms with Crippen molar-refractivity contribution in [3.8, 4) is 11.5 Å². The molecule has 86 valence electrons. The number of carbonyl (C=O) groups is 1. The summed E-state index contributed by atoms with van der Waals surface area (Å²) in [6.07, 6.45) is 3.10. The average Bonchev–Trinajstić information content (AvgIpc) is 2.32. The fourth-order valence-electron chi connectivity index (χ4n) is 1.29. The van der Waals surface area contributed by atoms with E-state index in [2.05, 4.69) is 4.98 Å². The lowest BCUT2D eigenvalue weighted by Gasteiger charge is -2.08. The number of rotatable bonds is 3. The zero-order valence-electron chi connectivity index (χ0n) is 8.63. The van der Waals surface area contributed by atoms with Gasteiger partial charge in [-0.15, -0.1) is 0 Å². The van der Waals surface area contributed by atoms with Gasteiger partial charge in [-0.25, -0.2) is 4.79 Å². The van der Waals surface area contributed by atoms with Gasteiger partial charge in [0, 0.05) is 11.2 Å². The summed E-state index contributed by atoms with van der Waals surface area (Å²) in [6.45, 7) is 0. The number of aromatic carboxylic acids is 1. The maximum Gasteiger partial charge on any atom is 0.339 e. The predicted octanol–water partition coefficient (Wildman–Crippen LogP) is 3.23. The molecule has 1 aromatic carbocycles. The van der Waals surface area contributed by atoms with Crippen molar-refractivity contribution < 1.29 is 14.6 Å². The predicted molar refractivity (Wildman–Crippen MR) is 62.7 cm³/mol. The van der Waals surface area contributed by atoms with Crippen LogP contribution in [0.15, 0.2) is 42.7 Å². The highest BCUT2D eigenvalue weighted by Crippen LogP contribution is 2.27. The first-order valence-corrected chi connectivity index (χ1v) is 5.15. The SMILES string of the molecule is O=C(O)c1cc(Cl)ccc1Oc1cccnc1. The van der Waals surface area contributed by atoms with E-state index in [-0.39, 0.29) is 11.3 Å². The summed E-state index contributed by atoms with van der Waals surface area (Å²) >= 11 is 5.73. The van der Waals surface area contributed by atoms with Crippen molar-refractivity contribution in [3.63, 3.8) is 0 Å². The lowest BCUT2D eigenvalue weighted by Crippen LogP contribution is -2.00. The third-order valence-corrected chi connectivity index (χ3v) is 2.27. The number of pyridine rings is 1. The van der Waals surface area contributed by atoms with Crippen LogP contribution < -0.4 is 4.74 Å². The highest BCUT2D eigenvalue weighted by atomic mass is 35.5. The van der Waals surface area contributed by atoms with Gasteiger partial charge < -0.3 is 9.84 Å². The number of hydrogen-bond acceptors (Lipinski definition) is 3. The van der Waals surface area contributed by atoms with Crippen molar-refractivity contribution in [3.05, 3.63) is 53.3 Å². The summed E-state index contributed by atoms with van der Waals surface area (Å²) in [5.41, 5.74) is 0.0151. The quantitative estimate of drug-likeness (QED) is 0.907. The van der Waals surface area contributed by atoms with E-state index in [1.165, 1.54) is 18.3 Å². The largest absolute Gasteiger partial charge is 0.478 e. The summed E-state index contributed by atoms with van der Waals surface area (Å²) in [5, 5.41) is 9.36. The van der Waals surface area contributed by atoms with E-state index in [4.69, 9.17) is 21.4 Å². The molecule has 1 N–H and O–H groups in total. The minimum Gasteiger partial charge on any atom is -0.478 e. The summed E-state index contributed by atoms with van der Waals surface area (Å²) in [4.78, 5) is 14.9. The third-order valence-electron chi connectivity index (χ3n) is 2.03. The number of ether oxygens (including phenoxy) is 1. The molecule has 0 bridgehead atoms. The molecule has 4 nitrogen and oxygen atoms in total. The molecule has 1 heterocycles. The number of hydrogen-bond donors (Lipinski definition) is 1. The lowest BCUT2D eigenvalue weighted by atomic mass is 10.2. The lowest BCUT2D eigenvalue weighted by molar-refractivity contribution is 0.0694. The highest BCUT2D eigenvalue weighted by molar-refractivity contribution is 6.31. The molecule has 1 aromatic heterocycles. The van der Waals surface area contributed by atoms with Gasteiger partial charge in [0.15, 0.2) is 0 Å². The van der Waals surface area contributed by atoms with Crippen LogP contribution in [0.1, 0.15) is 10.4 Å². The molecular formula is C12H8ClNO3. The number of aromatic nitrogens is 1. The van der Waals surface area contributed by atoms with Gasteiger partial charge in [0.2, 0.25) is 0 Å². The number of nitrogens with zero attached hydrogens (tertiary/aromatic N) is 1. The van der Waals surface area contributed by atoms with Gasteiger partial charge in [-0.3, -0.25) is 4.98 Å². The van der Waals surface area contributed by atoms with Crippen LogP contribution in [0, 0.1) is 0 Å². The summed E-state index contributed by atoms with van der Waals surface area (Å²) < 4.78 is 5.42. The zero-order valence-corrected chi connectivity index (χ0v) is 9.39. The van der Waals surface area contributed by atoms with Gasteiger partial charge in [0.25, 0.3) is 0 Å². The second kappa shape index (κ2) is 4.84. The molecule has 0 radical (unpaired) electrons. The fraction of sp³-hybridized carbons (Fsp3) is 0. The second-order valence-electron chi connectivity index (χ2n) is 3.24. The smallest absolute Gasteiger partial charge is 0.339 e. The Hall–Kier alpha value is -2.07. The van der Waals surface area contributed by atoms with Gasteiger partial charge in [-0.05, 0) is 30.3 Å². The van der Waals surface area contributed by atoms with Crippen LogP contribution in [0.25, 0.3) is 0 Å². The average molecular weight is 250 g/mol. The minimum atomic E-state index is -1.09. The molecule has 0 atom stereocenters. The van der Waals surface area contributed by atoms with Crippen molar-refractivity contribution in [1.29, 1.82) is 0 Å². The fourth-order valence-corrected chi connectivity index (χ4v) is 1.46. The maximum atomic E-state index is 11.0. The Morgan fingerprint density at radius 2 is 2.18 bits per heavy atom. The number of carboxylic acid groups (broad SMARTS) is 1. The topological polar surface area (TPSA) is 59.4 Å². The van der Waals surface area contributed by atoms with E-state index in [0.29, 0.717) is 10.8 Å². The summed E-state index contributed by atoms with van der Waals surface area (Å²) in [6, 6.07) is 7.81. The molecule has 2 aromatic rings. The molecule has 0 fully saturated rings. The molecule has 0 unspecified atom stereocenters. The van der Waals surface area contributed by atoms with E-state index < -0.39 is 5.97 Å². The van der Waals surface area contributed by atoms with E-state index in [0.717, 1.165) is 0 Å². The second-order valence-corrected chi connectivity index (χ2v) is 3.67. The molecular weight excluding hydrogens is 242 g/mol. The Morgan fingerprint density at radius 3 is 2.82 bits per heavy atom. The first-order valence-electron chi connectivity index (χ1n) is 4.77. The number of benzene rings is 1. The van der Waals surface area contributed by atoms with Crippen LogP contribution in [-0.2, 0) is 0 Å². The molecule has 0 aliphatic carbocycles. The third kappa shape index (κ3) is 2.73. The van der Waals surface area contributed by atoms with Crippen LogP contribution in [0.5, 0.6) is 11.5 Å². The summed E-state index contributed by atoms with van der Waals surface area (Å²) in [7, 11) is 0. The van der Waals surface area contributed by atoms with Crippen molar-refractivity contribution in [2.45, 2.75) is 0 Å². The van der Waals surface area contributed by atoms with E-state index >= 15 is 0 Å². The molecule has 0 amide bonds. The molecule has 5 heteroatoms. The van der Waals surface area contributed by atoms with Crippen LogP contribution in [0.4, 0.5) is 0 Å². The minimum absolute atomic E-state index is 0.0151. The van der Waals surface area contributed by atoms with Gasteiger partial charge >= 0.3 is 5.97 Å². The van der Waals surface area contributed by atoms with Crippen LogP contribution in [0.3, 0.4) is 0 Å². The van der Waals surface area contributed by atoms with Crippen molar-refractivity contribution >= 4 is 17.6 Å². The Morgan fingerprint density at radius 1 is 1.35 bits per heavy atom. The van der Waals surface area contributed by atoms with Gasteiger partial charge in [-0.1, -0.05) is 11.6 Å². The van der Waals surface area contributed by atoms with Crippen molar-refractivity contribution in [2.75, 3.05) is 0 Å². The molecule has 0 spiro atoms. The molecule has 0 saturated heterocycles. The molecule has 17 heavy (non-hydrogen) atoms. The normalized spacial score (nSPS) is 9.94. The Balaban J connectivity index is 2.36. The Kier molecular flexibility index (Phi) is 3.25. The van der Waals surface area contributed by atoms with Crippen LogP contribution >= 0.6 is 11.6 Å². The molecule has 0 saturated carbocycles. The zero-order chi connectivity index (χ0) is 12.3. The van der Waals surface area contributed by atoms with Crippen molar-refractivity contribution in [1.82, 2.24) is 4.98 Å². The number of halogens is 1. The number of carboxylic acids is 1. The first kappa shape index (κ1) is 11.4. The van der Waals surface area contributed by atoms with Crippen molar-refractivity contribution in [2.24, 2.45) is 0 Å². The maximum absolute atomic E-state index is 11.0. The van der Waals surface area contributed by atoms with Gasteiger partial charge in [0.1, 0.15) is 17.1 Å². The summed E-state index contributed by atoms with van der Waals surface area (Å²) in [5.74, 6) is -0.390. The van der Waals surface area contributed by atoms with E-state index in [1.54, 1.807) is 24.4 Å². The standard InChI is InChI=1S/C12H8ClNO3/c13-8-3-4-11(10(6-8)12(15)16)17-9-2-1-5-14-7-9/h1-7H,(H,15,16). The Bertz CT molecular complexity index is 543. The van der Waals surface area contributed by atoms with Crippen LogP contribution in [-0.4, -0.2) is 16.1 Å².